The Morgan fingerprint density at radius 3 is 2.63 bits per heavy atom. The van der Waals surface area contributed by atoms with Crippen molar-refractivity contribution in [3.8, 4) is 0 Å². The molecule has 0 atom stereocenters. The molecule has 3 rings (SSSR count). The number of aromatic nitrogens is 2. The van der Waals surface area contributed by atoms with Crippen LogP contribution >= 0.6 is 58.4 Å². The summed E-state index contributed by atoms with van der Waals surface area (Å²) in [4.78, 5) is 15.4. The maximum Gasteiger partial charge on any atom is 0.205 e. The highest BCUT2D eigenvalue weighted by Crippen LogP contribution is 2.22. The minimum Gasteiger partial charge on any atom is -0.357 e. The van der Waals surface area contributed by atoms with Gasteiger partial charge in [0, 0.05) is 68.5 Å². The zero-order valence-electron chi connectivity index (χ0n) is 15.7. The molecule has 0 saturated carbocycles. The normalized spacial score (nSPS) is 15.0. The molecule has 0 aromatic carbocycles. The summed E-state index contributed by atoms with van der Waals surface area (Å²) in [6.45, 7) is 9.63. The number of aryl methyl sites for hydroxylation is 1. The van der Waals surface area contributed by atoms with Crippen LogP contribution in [0.5, 0.6) is 0 Å². The van der Waals surface area contributed by atoms with Crippen molar-refractivity contribution in [3.05, 3.63) is 27.2 Å². The molecule has 1 aliphatic rings. The van der Waals surface area contributed by atoms with Crippen LogP contribution in [0.4, 0.5) is 5.13 Å². The van der Waals surface area contributed by atoms with Crippen molar-refractivity contribution >= 4 is 69.5 Å². The molecule has 2 aromatic rings. The number of halogens is 2. The Labute approximate surface area is 191 Å². The molecular weight excluding hydrogens is 515 g/mol. The monoisotopic (exact) mass is 540 g/mol. The Hall–Kier alpha value is -0.650. The smallest absolute Gasteiger partial charge is 0.205 e. The van der Waals surface area contributed by atoms with Crippen LogP contribution in [0.1, 0.15) is 24.5 Å². The number of piperazine rings is 1. The number of nitrogens with one attached hydrogen (secondary N) is 1. The lowest BCUT2D eigenvalue weighted by molar-refractivity contribution is 0.372. The van der Waals surface area contributed by atoms with Crippen LogP contribution in [0.15, 0.2) is 17.1 Å². The van der Waals surface area contributed by atoms with Crippen molar-refractivity contribution in [2.75, 3.05) is 44.2 Å². The molecule has 10 heteroatoms. The van der Waals surface area contributed by atoms with Crippen LogP contribution < -0.4 is 10.2 Å². The number of nitrogens with zero attached hydrogens (tertiary/aromatic N) is 5. The topological polar surface area (TPSA) is 56.7 Å². The van der Waals surface area contributed by atoms with Gasteiger partial charge in [-0.3, -0.25) is 4.99 Å². The molecule has 1 aliphatic heterocycles. The minimum atomic E-state index is 0. The summed E-state index contributed by atoms with van der Waals surface area (Å²) in [7, 11) is 0. The zero-order valence-corrected chi connectivity index (χ0v) is 20.4. The molecule has 0 aliphatic carbocycles. The van der Waals surface area contributed by atoms with E-state index >= 15 is 0 Å². The number of guanidine groups is 1. The van der Waals surface area contributed by atoms with Crippen molar-refractivity contribution in [1.29, 1.82) is 0 Å². The summed E-state index contributed by atoms with van der Waals surface area (Å²) in [6.07, 6.45) is 1.82. The lowest BCUT2D eigenvalue weighted by Crippen LogP contribution is -2.52. The van der Waals surface area contributed by atoms with E-state index in [1.807, 2.05) is 6.07 Å². The largest absolute Gasteiger partial charge is 0.357 e. The second kappa shape index (κ2) is 11.4. The molecule has 27 heavy (non-hydrogen) atoms. The third-order valence-electron chi connectivity index (χ3n) is 4.21. The van der Waals surface area contributed by atoms with E-state index in [1.165, 1.54) is 16.4 Å². The predicted molar refractivity (Wildman–Crippen MR) is 127 cm³/mol. The molecular formula is C17H26ClIN6S2. The Morgan fingerprint density at radius 2 is 2.04 bits per heavy atom. The van der Waals surface area contributed by atoms with Gasteiger partial charge in [-0.05, 0) is 19.1 Å². The first-order valence-electron chi connectivity index (χ1n) is 9.04. The Balaban J connectivity index is 0.00000261. The number of anilines is 1. The van der Waals surface area contributed by atoms with Crippen LogP contribution in [-0.2, 0) is 12.8 Å². The second-order valence-corrected chi connectivity index (χ2v) is 8.54. The molecule has 1 N–H and O–H groups in total. The van der Waals surface area contributed by atoms with Gasteiger partial charge in [-0.1, -0.05) is 18.5 Å². The van der Waals surface area contributed by atoms with Gasteiger partial charge in [-0.25, -0.2) is 4.98 Å². The maximum absolute atomic E-state index is 6.00. The van der Waals surface area contributed by atoms with Gasteiger partial charge in [0.1, 0.15) is 5.82 Å². The van der Waals surface area contributed by atoms with Gasteiger partial charge in [-0.15, -0.1) is 35.3 Å². The van der Waals surface area contributed by atoms with E-state index in [4.69, 9.17) is 16.6 Å². The highest BCUT2D eigenvalue weighted by atomic mass is 127. The molecule has 1 fully saturated rings. The fraction of sp³-hybridized carbons (Fsp3) is 0.588. The van der Waals surface area contributed by atoms with E-state index in [0.29, 0.717) is 0 Å². The number of hydrogen-bond acceptors (Lipinski definition) is 6. The SMILES string of the molecule is CCNC(=NCCc1ccc(Cl)s1)N1CCN(c2nc(CC)ns2)CC1.I. The average Bonchev–Trinajstić information content (AvgIpc) is 3.30. The number of hydrogen-bond donors (Lipinski definition) is 1. The van der Waals surface area contributed by atoms with Crippen molar-refractivity contribution in [2.24, 2.45) is 4.99 Å². The van der Waals surface area contributed by atoms with Crippen molar-refractivity contribution in [1.82, 2.24) is 19.6 Å². The zero-order chi connectivity index (χ0) is 18.4. The first-order chi connectivity index (χ1) is 12.7. The minimum absolute atomic E-state index is 0. The molecule has 0 amide bonds. The molecule has 0 spiro atoms. The third-order valence-corrected chi connectivity index (χ3v) is 6.31. The van der Waals surface area contributed by atoms with Crippen LogP contribution in [0.2, 0.25) is 4.34 Å². The summed E-state index contributed by atoms with van der Waals surface area (Å²) < 4.78 is 5.24. The van der Waals surface area contributed by atoms with E-state index in [0.717, 1.165) is 73.4 Å². The molecule has 1 saturated heterocycles. The number of rotatable bonds is 6. The standard InChI is InChI=1S/C17H25ClN6S2.HI/c1-3-15-21-17(26-22-15)24-11-9-23(10-12-24)16(19-4-2)20-8-7-13-5-6-14(18)25-13;/h5-6H,3-4,7-12H2,1-2H3,(H,19,20);1H. The summed E-state index contributed by atoms with van der Waals surface area (Å²) >= 11 is 9.14. The number of thiophene rings is 1. The van der Waals surface area contributed by atoms with Gasteiger partial charge in [0.05, 0.1) is 4.34 Å². The van der Waals surface area contributed by atoms with Crippen LogP contribution in [-0.4, -0.2) is 59.5 Å². The van der Waals surface area contributed by atoms with Gasteiger partial charge in [0.15, 0.2) is 5.96 Å². The lowest BCUT2D eigenvalue weighted by Gasteiger charge is -2.36. The molecule has 3 heterocycles. The van der Waals surface area contributed by atoms with Gasteiger partial charge in [-0.2, -0.15) is 4.37 Å². The van der Waals surface area contributed by atoms with Gasteiger partial charge in [0.2, 0.25) is 5.13 Å². The van der Waals surface area contributed by atoms with E-state index < -0.39 is 0 Å². The molecule has 2 aromatic heterocycles. The fourth-order valence-electron chi connectivity index (χ4n) is 2.81. The van der Waals surface area contributed by atoms with E-state index in [9.17, 15) is 0 Å². The highest BCUT2D eigenvalue weighted by Gasteiger charge is 2.21. The predicted octanol–water partition coefficient (Wildman–Crippen LogP) is 3.76. The molecule has 0 unspecified atom stereocenters. The quantitative estimate of drug-likeness (QED) is 0.344. The van der Waals surface area contributed by atoms with Gasteiger partial charge in [0.25, 0.3) is 0 Å². The van der Waals surface area contributed by atoms with E-state index in [2.05, 4.69) is 44.4 Å². The summed E-state index contributed by atoms with van der Waals surface area (Å²) in [5, 5.41) is 4.46. The van der Waals surface area contributed by atoms with Crippen molar-refractivity contribution in [3.63, 3.8) is 0 Å². The lowest BCUT2D eigenvalue weighted by atomic mass is 10.3. The molecule has 0 bridgehead atoms. The summed E-state index contributed by atoms with van der Waals surface area (Å²) in [5.74, 6) is 1.94. The maximum atomic E-state index is 6.00. The van der Waals surface area contributed by atoms with Gasteiger partial charge < -0.3 is 15.1 Å². The molecule has 0 radical (unpaired) electrons. The van der Waals surface area contributed by atoms with Crippen molar-refractivity contribution in [2.45, 2.75) is 26.7 Å². The van der Waals surface area contributed by atoms with E-state index in [-0.39, 0.29) is 24.0 Å². The second-order valence-electron chi connectivity index (χ2n) is 6.01. The molecule has 150 valence electrons. The third kappa shape index (κ3) is 6.43. The average molecular weight is 541 g/mol. The fourth-order valence-corrected chi connectivity index (χ4v) is 4.69. The first-order valence-corrected chi connectivity index (χ1v) is 11.0. The van der Waals surface area contributed by atoms with Crippen LogP contribution in [0, 0.1) is 0 Å². The van der Waals surface area contributed by atoms with Crippen LogP contribution in [0.3, 0.4) is 0 Å². The van der Waals surface area contributed by atoms with Crippen LogP contribution in [0.25, 0.3) is 0 Å². The van der Waals surface area contributed by atoms with Crippen molar-refractivity contribution < 1.29 is 0 Å². The number of aliphatic imine (C=N–C) groups is 1. The summed E-state index contributed by atoms with van der Waals surface area (Å²) in [5.41, 5.74) is 0. The van der Waals surface area contributed by atoms with E-state index in [1.54, 1.807) is 11.3 Å². The first kappa shape index (κ1) is 22.6. The Kier molecular flexibility index (Phi) is 9.54. The van der Waals surface area contributed by atoms with Gasteiger partial charge >= 0.3 is 0 Å². The Bertz CT molecular complexity index is 727. The molecule has 6 nitrogen and oxygen atoms in total. The highest BCUT2D eigenvalue weighted by molar-refractivity contribution is 14.0. The Morgan fingerprint density at radius 1 is 1.26 bits per heavy atom. The summed E-state index contributed by atoms with van der Waals surface area (Å²) in [6, 6.07) is 4.04.